The summed E-state index contributed by atoms with van der Waals surface area (Å²) in [6.45, 7) is 4.05. The van der Waals surface area contributed by atoms with Gasteiger partial charge in [0, 0.05) is 19.2 Å². The zero-order chi connectivity index (χ0) is 15.4. The van der Waals surface area contributed by atoms with Crippen LogP contribution in [0.5, 0.6) is 11.5 Å². The third-order valence-electron chi connectivity index (χ3n) is 4.23. The highest BCUT2D eigenvalue weighted by atomic mass is 16.5. The highest BCUT2D eigenvalue weighted by Crippen LogP contribution is 2.32. The number of hydrogen-bond acceptors (Lipinski definition) is 5. The Hall–Kier alpha value is -2.08. The summed E-state index contributed by atoms with van der Waals surface area (Å²) in [6, 6.07) is 6.16. The lowest BCUT2D eigenvalue weighted by atomic mass is 9.98. The lowest BCUT2D eigenvalue weighted by Crippen LogP contribution is -2.25. The summed E-state index contributed by atoms with van der Waals surface area (Å²) in [5.74, 6) is 2.24. The maximum absolute atomic E-state index is 5.37. The van der Waals surface area contributed by atoms with Crippen LogP contribution in [0.4, 0.5) is 0 Å². The van der Waals surface area contributed by atoms with Crippen LogP contribution in [0.3, 0.4) is 0 Å². The lowest BCUT2D eigenvalue weighted by Gasteiger charge is -2.17. The van der Waals surface area contributed by atoms with Crippen LogP contribution in [0.2, 0.25) is 0 Å². The predicted molar refractivity (Wildman–Crippen MR) is 83.4 cm³/mol. The molecule has 0 N–H and O–H groups in total. The molecule has 22 heavy (non-hydrogen) atoms. The smallest absolute Gasteiger partial charge is 0.137 e. The van der Waals surface area contributed by atoms with Crippen LogP contribution in [0.15, 0.2) is 30.9 Å². The van der Waals surface area contributed by atoms with Gasteiger partial charge in [0.15, 0.2) is 0 Å². The van der Waals surface area contributed by atoms with Gasteiger partial charge in [-0.25, -0.2) is 4.98 Å². The number of rotatable bonds is 6. The van der Waals surface area contributed by atoms with Gasteiger partial charge >= 0.3 is 0 Å². The van der Waals surface area contributed by atoms with Crippen molar-refractivity contribution in [1.29, 1.82) is 0 Å². The van der Waals surface area contributed by atoms with Gasteiger partial charge < -0.3 is 14.4 Å². The van der Waals surface area contributed by atoms with Crippen molar-refractivity contribution in [2.24, 2.45) is 0 Å². The van der Waals surface area contributed by atoms with Crippen molar-refractivity contribution in [3.8, 4) is 11.5 Å². The largest absolute Gasteiger partial charge is 0.497 e. The van der Waals surface area contributed by atoms with E-state index < -0.39 is 0 Å². The fourth-order valence-corrected chi connectivity index (χ4v) is 2.97. The van der Waals surface area contributed by atoms with Crippen LogP contribution in [0.1, 0.15) is 17.9 Å². The Kier molecular flexibility index (Phi) is 4.58. The van der Waals surface area contributed by atoms with Crippen molar-refractivity contribution in [3.63, 3.8) is 0 Å². The molecule has 1 atom stereocenters. The zero-order valence-electron chi connectivity index (χ0n) is 13.1. The molecule has 0 saturated carbocycles. The molecule has 2 heterocycles. The minimum Gasteiger partial charge on any atom is -0.497 e. The van der Waals surface area contributed by atoms with Gasteiger partial charge in [-0.1, -0.05) is 0 Å². The van der Waals surface area contributed by atoms with E-state index in [1.54, 1.807) is 26.9 Å². The van der Waals surface area contributed by atoms with E-state index in [2.05, 4.69) is 27.1 Å². The van der Waals surface area contributed by atoms with Crippen molar-refractivity contribution < 1.29 is 9.47 Å². The van der Waals surface area contributed by atoms with Crippen LogP contribution < -0.4 is 9.47 Å². The number of ether oxygens (including phenoxy) is 2. The molecule has 0 aliphatic carbocycles. The molecule has 1 saturated heterocycles. The molecule has 1 aliphatic rings. The highest BCUT2D eigenvalue weighted by molar-refractivity contribution is 5.40. The molecule has 2 aromatic rings. The molecule has 1 aromatic carbocycles. The first-order valence-electron chi connectivity index (χ1n) is 7.56. The first-order valence-corrected chi connectivity index (χ1v) is 7.56. The van der Waals surface area contributed by atoms with Crippen LogP contribution in [0.25, 0.3) is 0 Å². The van der Waals surface area contributed by atoms with Gasteiger partial charge in [-0.2, -0.15) is 5.10 Å². The summed E-state index contributed by atoms with van der Waals surface area (Å²) in [4.78, 5) is 6.44. The Bertz CT molecular complexity index is 578. The molecular formula is C16H22N4O2. The summed E-state index contributed by atoms with van der Waals surface area (Å²) >= 11 is 0. The first-order chi connectivity index (χ1) is 10.8. The van der Waals surface area contributed by atoms with E-state index in [0.717, 1.165) is 44.1 Å². The van der Waals surface area contributed by atoms with Gasteiger partial charge in [-0.15, -0.1) is 0 Å². The minimum atomic E-state index is 0.528. The molecule has 6 heteroatoms. The quantitative estimate of drug-likeness (QED) is 0.814. The average Bonchev–Trinajstić information content (AvgIpc) is 3.23. The normalized spacial score (nSPS) is 18.5. The van der Waals surface area contributed by atoms with Crippen molar-refractivity contribution in [2.45, 2.75) is 18.9 Å². The Morgan fingerprint density at radius 1 is 1.14 bits per heavy atom. The minimum absolute atomic E-state index is 0.528. The number of methoxy groups -OCH3 is 2. The van der Waals surface area contributed by atoms with E-state index in [9.17, 15) is 0 Å². The number of nitrogens with zero attached hydrogens (tertiary/aromatic N) is 4. The SMILES string of the molecule is COc1cc(OC)cc([C@H]2CCN(CCn3cncn3)C2)c1. The molecule has 0 radical (unpaired) electrons. The van der Waals surface area contributed by atoms with Crippen LogP contribution >= 0.6 is 0 Å². The van der Waals surface area contributed by atoms with Gasteiger partial charge in [0.2, 0.25) is 0 Å². The van der Waals surface area contributed by atoms with Gasteiger partial charge in [0.1, 0.15) is 24.2 Å². The number of hydrogen-bond donors (Lipinski definition) is 0. The van der Waals surface area contributed by atoms with E-state index >= 15 is 0 Å². The first kappa shape index (κ1) is 14.8. The van der Waals surface area contributed by atoms with Crippen molar-refractivity contribution in [1.82, 2.24) is 19.7 Å². The third-order valence-corrected chi connectivity index (χ3v) is 4.23. The van der Waals surface area contributed by atoms with Crippen molar-refractivity contribution in [2.75, 3.05) is 33.9 Å². The summed E-state index contributed by atoms with van der Waals surface area (Å²) < 4.78 is 12.6. The molecule has 118 valence electrons. The molecule has 1 aliphatic heterocycles. The topological polar surface area (TPSA) is 52.4 Å². The van der Waals surface area contributed by atoms with Gasteiger partial charge in [-0.3, -0.25) is 4.68 Å². The fraction of sp³-hybridized carbons (Fsp3) is 0.500. The number of benzene rings is 1. The second-order valence-corrected chi connectivity index (χ2v) is 5.59. The van der Waals surface area contributed by atoms with Crippen LogP contribution in [0, 0.1) is 0 Å². The Balaban J connectivity index is 1.62. The molecule has 3 rings (SSSR count). The van der Waals surface area contributed by atoms with E-state index in [0.29, 0.717) is 5.92 Å². The van der Waals surface area contributed by atoms with E-state index in [-0.39, 0.29) is 0 Å². The van der Waals surface area contributed by atoms with E-state index in [4.69, 9.17) is 9.47 Å². The maximum Gasteiger partial charge on any atom is 0.137 e. The number of likely N-dealkylation sites (tertiary alicyclic amines) is 1. The van der Waals surface area contributed by atoms with Crippen molar-refractivity contribution in [3.05, 3.63) is 36.4 Å². The summed E-state index contributed by atoms with van der Waals surface area (Å²) in [5.41, 5.74) is 1.29. The molecule has 0 amide bonds. The molecule has 6 nitrogen and oxygen atoms in total. The van der Waals surface area contributed by atoms with Crippen LogP contribution in [-0.2, 0) is 6.54 Å². The standard InChI is InChI=1S/C16H22N4O2/c1-21-15-7-14(8-16(9-15)22-2)13-3-4-19(10-13)5-6-20-12-17-11-18-20/h7-9,11-13H,3-6,10H2,1-2H3/t13-/m0/s1. The van der Waals surface area contributed by atoms with Crippen LogP contribution in [-0.4, -0.2) is 53.5 Å². The third kappa shape index (κ3) is 3.39. The molecule has 1 fully saturated rings. The van der Waals surface area contributed by atoms with E-state index in [1.165, 1.54) is 5.56 Å². The second-order valence-electron chi connectivity index (χ2n) is 5.59. The van der Waals surface area contributed by atoms with Gasteiger partial charge in [0.25, 0.3) is 0 Å². The monoisotopic (exact) mass is 302 g/mol. The molecular weight excluding hydrogens is 280 g/mol. The fourth-order valence-electron chi connectivity index (χ4n) is 2.97. The Morgan fingerprint density at radius 3 is 2.55 bits per heavy atom. The Morgan fingerprint density at radius 2 is 1.91 bits per heavy atom. The second kappa shape index (κ2) is 6.79. The summed E-state index contributed by atoms with van der Waals surface area (Å²) in [7, 11) is 3.38. The zero-order valence-corrected chi connectivity index (χ0v) is 13.1. The number of aromatic nitrogens is 3. The summed E-state index contributed by atoms with van der Waals surface area (Å²) in [5, 5.41) is 4.15. The predicted octanol–water partition coefficient (Wildman–Crippen LogP) is 1.78. The Labute approximate surface area is 130 Å². The average molecular weight is 302 g/mol. The lowest BCUT2D eigenvalue weighted by molar-refractivity contribution is 0.311. The molecule has 0 spiro atoms. The molecule has 0 unspecified atom stereocenters. The molecule has 1 aromatic heterocycles. The van der Waals surface area contributed by atoms with Gasteiger partial charge in [0.05, 0.1) is 20.8 Å². The van der Waals surface area contributed by atoms with E-state index in [1.807, 2.05) is 10.7 Å². The van der Waals surface area contributed by atoms with Gasteiger partial charge in [-0.05, 0) is 36.6 Å². The van der Waals surface area contributed by atoms with Crippen molar-refractivity contribution >= 4 is 0 Å². The highest BCUT2D eigenvalue weighted by Gasteiger charge is 2.24. The molecule has 0 bridgehead atoms. The summed E-state index contributed by atoms with van der Waals surface area (Å²) in [6.07, 6.45) is 4.50. The maximum atomic E-state index is 5.37.